The molecule has 1 aromatic carbocycles. The number of nitrogens with zero attached hydrogens (tertiary/aromatic N) is 1. The minimum atomic E-state index is -0.401. The van der Waals surface area contributed by atoms with Crippen molar-refractivity contribution in [2.75, 3.05) is 26.2 Å². The van der Waals surface area contributed by atoms with Crippen LogP contribution in [0.5, 0.6) is 0 Å². The molecule has 2 N–H and O–H groups in total. The Morgan fingerprint density at radius 1 is 1.09 bits per heavy atom. The van der Waals surface area contributed by atoms with Crippen molar-refractivity contribution in [1.82, 2.24) is 15.5 Å². The molecule has 0 unspecified atom stereocenters. The van der Waals surface area contributed by atoms with E-state index in [-0.39, 0.29) is 18.3 Å². The van der Waals surface area contributed by atoms with Crippen molar-refractivity contribution in [3.63, 3.8) is 0 Å². The van der Waals surface area contributed by atoms with Gasteiger partial charge in [-0.05, 0) is 37.3 Å². The zero-order valence-electron chi connectivity index (χ0n) is 12.6. The van der Waals surface area contributed by atoms with Crippen molar-refractivity contribution in [1.29, 1.82) is 0 Å². The van der Waals surface area contributed by atoms with E-state index >= 15 is 0 Å². The summed E-state index contributed by atoms with van der Waals surface area (Å²) in [6.07, 6.45) is 3.63. The number of benzene rings is 1. The highest BCUT2D eigenvalue weighted by atomic mass is 19.1. The molecule has 6 heteroatoms. The van der Waals surface area contributed by atoms with Crippen LogP contribution in [0.25, 0.3) is 0 Å². The largest absolute Gasteiger partial charge is 0.341 e. The summed E-state index contributed by atoms with van der Waals surface area (Å²) >= 11 is 0. The highest BCUT2D eigenvalue weighted by Crippen LogP contribution is 2.08. The van der Waals surface area contributed by atoms with E-state index in [0.29, 0.717) is 18.5 Å². The van der Waals surface area contributed by atoms with Gasteiger partial charge in [-0.25, -0.2) is 9.18 Å². The number of piperidine rings is 1. The Bertz CT molecular complexity index is 516. The average Bonchev–Trinajstić information content (AvgIpc) is 2.55. The first-order chi connectivity index (χ1) is 10.7. The van der Waals surface area contributed by atoms with Gasteiger partial charge in [-0.3, -0.25) is 4.79 Å². The SMILES string of the molecule is O=C(NCCc1ccccc1F)NCC(=O)N1CCCCC1. The molecule has 1 fully saturated rings. The Hall–Kier alpha value is -2.11. The van der Waals surface area contributed by atoms with Crippen molar-refractivity contribution in [2.45, 2.75) is 25.7 Å². The van der Waals surface area contributed by atoms with E-state index in [1.165, 1.54) is 6.07 Å². The molecule has 2 rings (SSSR count). The maximum Gasteiger partial charge on any atom is 0.315 e. The topological polar surface area (TPSA) is 61.4 Å². The molecule has 0 aromatic heterocycles. The Labute approximate surface area is 129 Å². The lowest BCUT2D eigenvalue weighted by Crippen LogP contribution is -2.45. The predicted octanol–water partition coefficient (Wildman–Crippen LogP) is 1.68. The molecule has 5 nitrogen and oxygen atoms in total. The van der Waals surface area contributed by atoms with E-state index in [1.54, 1.807) is 23.1 Å². The number of urea groups is 1. The molecule has 1 saturated heterocycles. The van der Waals surface area contributed by atoms with Crippen molar-refractivity contribution < 1.29 is 14.0 Å². The van der Waals surface area contributed by atoms with Crippen LogP contribution in [0.15, 0.2) is 24.3 Å². The second-order valence-electron chi connectivity index (χ2n) is 5.39. The Balaban J connectivity index is 1.63. The average molecular weight is 307 g/mol. The van der Waals surface area contributed by atoms with Crippen LogP contribution in [0, 0.1) is 5.82 Å². The molecule has 1 aromatic rings. The summed E-state index contributed by atoms with van der Waals surface area (Å²) in [6.45, 7) is 1.88. The van der Waals surface area contributed by atoms with Crippen molar-refractivity contribution in [3.8, 4) is 0 Å². The monoisotopic (exact) mass is 307 g/mol. The Kier molecular flexibility index (Phi) is 6.18. The molecule has 0 bridgehead atoms. The zero-order chi connectivity index (χ0) is 15.8. The van der Waals surface area contributed by atoms with E-state index < -0.39 is 6.03 Å². The highest BCUT2D eigenvalue weighted by Gasteiger charge is 2.16. The fourth-order valence-electron chi connectivity index (χ4n) is 2.49. The molecule has 22 heavy (non-hydrogen) atoms. The maximum atomic E-state index is 13.4. The highest BCUT2D eigenvalue weighted by molar-refractivity contribution is 5.84. The summed E-state index contributed by atoms with van der Waals surface area (Å²) < 4.78 is 13.4. The van der Waals surface area contributed by atoms with Gasteiger partial charge in [0, 0.05) is 19.6 Å². The Morgan fingerprint density at radius 3 is 2.55 bits per heavy atom. The maximum absolute atomic E-state index is 13.4. The number of hydrogen-bond acceptors (Lipinski definition) is 2. The van der Waals surface area contributed by atoms with Gasteiger partial charge in [-0.15, -0.1) is 0 Å². The molecule has 0 atom stereocenters. The van der Waals surface area contributed by atoms with Gasteiger partial charge in [0.25, 0.3) is 0 Å². The van der Waals surface area contributed by atoms with Gasteiger partial charge in [0.05, 0.1) is 6.54 Å². The molecule has 1 aliphatic heterocycles. The van der Waals surface area contributed by atoms with Crippen LogP contribution in [0.2, 0.25) is 0 Å². The number of rotatable bonds is 5. The van der Waals surface area contributed by atoms with E-state index in [4.69, 9.17) is 0 Å². The van der Waals surface area contributed by atoms with Gasteiger partial charge in [0.2, 0.25) is 5.91 Å². The van der Waals surface area contributed by atoms with Gasteiger partial charge >= 0.3 is 6.03 Å². The summed E-state index contributed by atoms with van der Waals surface area (Å²) in [5.74, 6) is -0.325. The number of likely N-dealkylation sites (tertiary alicyclic amines) is 1. The lowest BCUT2D eigenvalue weighted by atomic mass is 10.1. The fraction of sp³-hybridized carbons (Fsp3) is 0.500. The van der Waals surface area contributed by atoms with Gasteiger partial charge in [-0.1, -0.05) is 18.2 Å². The summed E-state index contributed by atoms with van der Waals surface area (Å²) in [7, 11) is 0. The van der Waals surface area contributed by atoms with Gasteiger partial charge < -0.3 is 15.5 Å². The molecule has 0 spiro atoms. The summed E-state index contributed by atoms with van der Waals surface area (Å²) in [5.41, 5.74) is 0.562. The van der Waals surface area contributed by atoms with Gasteiger partial charge in [0.15, 0.2) is 0 Å². The van der Waals surface area contributed by atoms with E-state index in [0.717, 1.165) is 32.4 Å². The summed E-state index contributed by atoms with van der Waals surface area (Å²) in [6, 6.07) is 6.07. The van der Waals surface area contributed by atoms with Crippen LogP contribution in [-0.4, -0.2) is 43.0 Å². The normalized spacial score (nSPS) is 14.5. The van der Waals surface area contributed by atoms with E-state index in [9.17, 15) is 14.0 Å². The lowest BCUT2D eigenvalue weighted by Gasteiger charge is -2.26. The molecule has 0 aliphatic carbocycles. The predicted molar refractivity (Wildman–Crippen MR) is 81.9 cm³/mol. The summed E-state index contributed by atoms with van der Waals surface area (Å²) in [4.78, 5) is 25.3. The smallest absolute Gasteiger partial charge is 0.315 e. The first-order valence-corrected chi connectivity index (χ1v) is 7.69. The van der Waals surface area contributed by atoms with Gasteiger partial charge in [0.1, 0.15) is 5.82 Å². The standard InChI is InChI=1S/C16H22FN3O2/c17-14-7-3-2-6-13(14)8-9-18-16(22)19-12-15(21)20-10-4-1-5-11-20/h2-3,6-7H,1,4-5,8-12H2,(H2,18,19,22). The third-order valence-corrected chi connectivity index (χ3v) is 3.75. The number of halogens is 1. The quantitative estimate of drug-likeness (QED) is 0.869. The second-order valence-corrected chi connectivity index (χ2v) is 5.39. The summed E-state index contributed by atoms with van der Waals surface area (Å²) in [5, 5.41) is 5.17. The molecule has 1 aliphatic rings. The first kappa shape index (κ1) is 16.3. The van der Waals surface area contributed by atoms with Crippen LogP contribution < -0.4 is 10.6 Å². The van der Waals surface area contributed by atoms with E-state index in [2.05, 4.69) is 10.6 Å². The minimum Gasteiger partial charge on any atom is -0.341 e. The van der Waals surface area contributed by atoms with Gasteiger partial charge in [-0.2, -0.15) is 0 Å². The zero-order valence-corrected chi connectivity index (χ0v) is 12.6. The fourth-order valence-corrected chi connectivity index (χ4v) is 2.49. The van der Waals surface area contributed by atoms with Crippen LogP contribution in [-0.2, 0) is 11.2 Å². The number of carbonyl (C=O) groups excluding carboxylic acids is 2. The number of hydrogen-bond donors (Lipinski definition) is 2. The number of nitrogens with one attached hydrogen (secondary N) is 2. The van der Waals surface area contributed by atoms with Crippen LogP contribution >= 0.6 is 0 Å². The number of amides is 3. The van der Waals surface area contributed by atoms with Crippen molar-refractivity contribution in [3.05, 3.63) is 35.6 Å². The first-order valence-electron chi connectivity index (χ1n) is 7.69. The Morgan fingerprint density at radius 2 is 1.82 bits per heavy atom. The molecule has 0 radical (unpaired) electrons. The third-order valence-electron chi connectivity index (χ3n) is 3.75. The minimum absolute atomic E-state index is 0.00549. The molecular formula is C16H22FN3O2. The van der Waals surface area contributed by atoms with Crippen molar-refractivity contribution >= 4 is 11.9 Å². The molecule has 1 heterocycles. The third kappa shape index (κ3) is 5.02. The second kappa shape index (κ2) is 8.36. The molecule has 0 saturated carbocycles. The van der Waals surface area contributed by atoms with Crippen LogP contribution in [0.1, 0.15) is 24.8 Å². The molecular weight excluding hydrogens is 285 g/mol. The lowest BCUT2D eigenvalue weighted by molar-refractivity contribution is -0.130. The number of carbonyl (C=O) groups is 2. The van der Waals surface area contributed by atoms with Crippen LogP contribution in [0.3, 0.4) is 0 Å². The molecule has 3 amide bonds. The van der Waals surface area contributed by atoms with Crippen molar-refractivity contribution in [2.24, 2.45) is 0 Å². The van der Waals surface area contributed by atoms with E-state index in [1.807, 2.05) is 0 Å². The van der Waals surface area contributed by atoms with Crippen LogP contribution in [0.4, 0.5) is 9.18 Å². The molecule has 120 valence electrons.